The highest BCUT2D eigenvalue weighted by atomic mass is 16.1. The van der Waals surface area contributed by atoms with E-state index in [1.807, 2.05) is 6.20 Å². The molecule has 0 bridgehead atoms. The third-order valence-electron chi connectivity index (χ3n) is 2.41. The highest BCUT2D eigenvalue weighted by Gasteiger charge is 1.97. The zero-order valence-electron chi connectivity index (χ0n) is 8.71. The Kier molecular flexibility index (Phi) is 2.72. The van der Waals surface area contributed by atoms with E-state index in [1.165, 1.54) is 17.9 Å². The molecule has 2 aromatic rings. The van der Waals surface area contributed by atoms with Crippen molar-refractivity contribution in [2.45, 2.75) is 13.3 Å². The molecule has 0 atom stereocenters. The fourth-order valence-corrected chi connectivity index (χ4v) is 1.64. The van der Waals surface area contributed by atoms with Gasteiger partial charge in [-0.2, -0.15) is 0 Å². The molecule has 1 aromatic carbocycles. The molecule has 2 rings (SSSR count). The number of fused-ring (bicyclic) bond motifs is 1. The summed E-state index contributed by atoms with van der Waals surface area (Å²) in [7, 11) is 0. The zero-order valence-corrected chi connectivity index (χ0v) is 8.71. The summed E-state index contributed by atoms with van der Waals surface area (Å²) in [6.45, 7) is 2.24. The Hall–Kier alpha value is -1.77. The van der Waals surface area contributed by atoms with Crippen LogP contribution >= 0.6 is 0 Å². The minimum Gasteiger partial charge on any atom is -0.361 e. The van der Waals surface area contributed by atoms with Crippen LogP contribution in [0.2, 0.25) is 0 Å². The summed E-state index contributed by atoms with van der Waals surface area (Å²) in [5.41, 5.74) is 2.40. The molecule has 1 heterocycles. The van der Waals surface area contributed by atoms with Crippen LogP contribution in [-0.4, -0.2) is 17.4 Å². The van der Waals surface area contributed by atoms with E-state index in [0.29, 0.717) is 6.54 Å². The Morgan fingerprint density at radius 3 is 3.07 bits per heavy atom. The number of nitrogens with one attached hydrogen (secondary N) is 2. The molecule has 0 radical (unpaired) electrons. The number of benzene rings is 1. The molecule has 0 spiro atoms. The quantitative estimate of drug-likeness (QED) is 0.783. The van der Waals surface area contributed by atoms with Gasteiger partial charge in [-0.3, -0.25) is 4.79 Å². The molecule has 0 aliphatic carbocycles. The number of carbonyl (C=O) groups excluding carboxylic acids is 1. The molecule has 1 aromatic heterocycles. The van der Waals surface area contributed by atoms with Gasteiger partial charge in [0, 0.05) is 25.2 Å². The number of carbonyl (C=O) groups is 1. The predicted octanol–water partition coefficient (Wildman–Crippen LogP) is 1.85. The zero-order chi connectivity index (χ0) is 10.7. The lowest BCUT2D eigenvalue weighted by Crippen LogP contribution is -2.22. The molecule has 0 aliphatic rings. The predicted molar refractivity (Wildman–Crippen MR) is 60.7 cm³/mol. The van der Waals surface area contributed by atoms with Gasteiger partial charge in [0.05, 0.1) is 0 Å². The van der Waals surface area contributed by atoms with E-state index in [2.05, 4.69) is 34.6 Å². The van der Waals surface area contributed by atoms with Gasteiger partial charge < -0.3 is 10.3 Å². The summed E-state index contributed by atoms with van der Waals surface area (Å²) < 4.78 is 0. The van der Waals surface area contributed by atoms with E-state index in [9.17, 15) is 4.79 Å². The molecule has 0 unspecified atom stereocenters. The molecule has 15 heavy (non-hydrogen) atoms. The average Bonchev–Trinajstić information content (AvgIpc) is 2.64. The first-order valence-electron chi connectivity index (χ1n) is 5.06. The van der Waals surface area contributed by atoms with Crippen LogP contribution in [0.15, 0.2) is 30.5 Å². The van der Waals surface area contributed by atoms with Gasteiger partial charge in [-0.25, -0.2) is 0 Å². The number of aromatic amines is 1. The Morgan fingerprint density at radius 2 is 2.27 bits per heavy atom. The molecule has 1 amide bonds. The molecular weight excluding hydrogens is 188 g/mol. The third kappa shape index (κ3) is 2.37. The van der Waals surface area contributed by atoms with Gasteiger partial charge in [0.1, 0.15) is 0 Å². The summed E-state index contributed by atoms with van der Waals surface area (Å²) in [5.74, 6) is 0.0257. The lowest BCUT2D eigenvalue weighted by molar-refractivity contribution is -0.118. The Morgan fingerprint density at radius 1 is 1.40 bits per heavy atom. The third-order valence-corrected chi connectivity index (χ3v) is 2.41. The Balaban J connectivity index is 2.04. The molecule has 0 fully saturated rings. The van der Waals surface area contributed by atoms with E-state index in [0.717, 1.165) is 11.9 Å². The van der Waals surface area contributed by atoms with E-state index in [-0.39, 0.29) is 5.91 Å². The summed E-state index contributed by atoms with van der Waals surface area (Å²) in [4.78, 5) is 13.8. The van der Waals surface area contributed by atoms with Gasteiger partial charge in [0.2, 0.25) is 5.91 Å². The van der Waals surface area contributed by atoms with Crippen molar-refractivity contribution < 1.29 is 4.79 Å². The van der Waals surface area contributed by atoms with Crippen molar-refractivity contribution in [3.8, 4) is 0 Å². The summed E-state index contributed by atoms with van der Waals surface area (Å²) in [6.07, 6.45) is 2.81. The number of hydrogen-bond donors (Lipinski definition) is 2. The van der Waals surface area contributed by atoms with E-state index < -0.39 is 0 Å². The van der Waals surface area contributed by atoms with Crippen molar-refractivity contribution in [3.05, 3.63) is 36.0 Å². The molecule has 0 saturated heterocycles. The first kappa shape index (κ1) is 9.77. The van der Waals surface area contributed by atoms with Crippen molar-refractivity contribution in [1.82, 2.24) is 10.3 Å². The number of aromatic nitrogens is 1. The second-order valence-corrected chi connectivity index (χ2v) is 3.63. The number of rotatable bonds is 3. The van der Waals surface area contributed by atoms with Crippen LogP contribution in [0.5, 0.6) is 0 Å². The standard InChI is InChI=1S/C12H14N2O/c1-9(15)13-6-4-10-2-3-12-11(8-10)5-7-14-12/h2-3,5,7-8,14H,4,6H2,1H3,(H,13,15). The van der Waals surface area contributed by atoms with E-state index in [4.69, 9.17) is 0 Å². The summed E-state index contributed by atoms with van der Waals surface area (Å²) >= 11 is 0. The van der Waals surface area contributed by atoms with E-state index >= 15 is 0 Å². The summed E-state index contributed by atoms with van der Waals surface area (Å²) in [6, 6.07) is 8.35. The molecule has 3 heteroatoms. The number of amides is 1. The van der Waals surface area contributed by atoms with Crippen molar-refractivity contribution in [1.29, 1.82) is 0 Å². The van der Waals surface area contributed by atoms with Crippen LogP contribution in [0.4, 0.5) is 0 Å². The number of hydrogen-bond acceptors (Lipinski definition) is 1. The maximum absolute atomic E-state index is 10.7. The van der Waals surface area contributed by atoms with Gasteiger partial charge >= 0.3 is 0 Å². The van der Waals surface area contributed by atoms with Gasteiger partial charge in [0.25, 0.3) is 0 Å². The van der Waals surface area contributed by atoms with Crippen LogP contribution in [0.1, 0.15) is 12.5 Å². The molecule has 0 aliphatic heterocycles. The van der Waals surface area contributed by atoms with Gasteiger partial charge in [-0.05, 0) is 35.6 Å². The fourth-order valence-electron chi connectivity index (χ4n) is 1.64. The monoisotopic (exact) mass is 202 g/mol. The second kappa shape index (κ2) is 4.17. The number of H-pyrrole nitrogens is 1. The van der Waals surface area contributed by atoms with Crippen LogP contribution in [0.3, 0.4) is 0 Å². The smallest absolute Gasteiger partial charge is 0.216 e. The van der Waals surface area contributed by atoms with Crippen molar-refractivity contribution in [3.63, 3.8) is 0 Å². The molecular formula is C12H14N2O. The molecule has 0 saturated carbocycles. The first-order chi connectivity index (χ1) is 7.25. The van der Waals surface area contributed by atoms with Crippen molar-refractivity contribution >= 4 is 16.8 Å². The fraction of sp³-hybridized carbons (Fsp3) is 0.250. The average molecular weight is 202 g/mol. The SMILES string of the molecule is CC(=O)NCCc1ccc2[nH]ccc2c1. The van der Waals surface area contributed by atoms with Crippen molar-refractivity contribution in [2.75, 3.05) is 6.54 Å². The second-order valence-electron chi connectivity index (χ2n) is 3.63. The lowest BCUT2D eigenvalue weighted by Gasteiger charge is -2.02. The van der Waals surface area contributed by atoms with Gasteiger partial charge in [0.15, 0.2) is 0 Å². The van der Waals surface area contributed by atoms with Crippen LogP contribution in [0.25, 0.3) is 10.9 Å². The highest BCUT2D eigenvalue weighted by molar-refractivity contribution is 5.79. The lowest BCUT2D eigenvalue weighted by atomic mass is 10.1. The molecule has 78 valence electrons. The molecule has 2 N–H and O–H groups in total. The minimum atomic E-state index is 0.0257. The minimum absolute atomic E-state index is 0.0257. The van der Waals surface area contributed by atoms with Gasteiger partial charge in [-0.15, -0.1) is 0 Å². The normalized spacial score (nSPS) is 10.5. The molecule has 3 nitrogen and oxygen atoms in total. The van der Waals surface area contributed by atoms with Crippen LogP contribution < -0.4 is 5.32 Å². The summed E-state index contributed by atoms with van der Waals surface area (Å²) in [5, 5.41) is 4.01. The van der Waals surface area contributed by atoms with Crippen LogP contribution in [0, 0.1) is 0 Å². The maximum atomic E-state index is 10.7. The highest BCUT2D eigenvalue weighted by Crippen LogP contribution is 2.14. The van der Waals surface area contributed by atoms with Crippen molar-refractivity contribution in [2.24, 2.45) is 0 Å². The topological polar surface area (TPSA) is 44.9 Å². The first-order valence-corrected chi connectivity index (χ1v) is 5.06. The maximum Gasteiger partial charge on any atom is 0.216 e. The largest absolute Gasteiger partial charge is 0.361 e. The van der Waals surface area contributed by atoms with Gasteiger partial charge in [-0.1, -0.05) is 6.07 Å². The van der Waals surface area contributed by atoms with Crippen LogP contribution in [-0.2, 0) is 11.2 Å². The Bertz CT molecular complexity index is 473. The van der Waals surface area contributed by atoms with E-state index in [1.54, 1.807) is 0 Å². The Labute approximate surface area is 88.5 Å².